The van der Waals surface area contributed by atoms with E-state index in [1.165, 1.54) is 17.1 Å². The fraction of sp³-hybridized carbons (Fsp3) is 0.588. The maximum Gasteiger partial charge on any atom is 0.317 e. The number of carbonyl (C=O) groups excluding carboxylic acids is 1. The van der Waals surface area contributed by atoms with Crippen LogP contribution in [0.5, 0.6) is 0 Å². The van der Waals surface area contributed by atoms with Gasteiger partial charge in [-0.3, -0.25) is 0 Å². The van der Waals surface area contributed by atoms with Crippen molar-refractivity contribution in [2.24, 2.45) is 0 Å². The summed E-state index contributed by atoms with van der Waals surface area (Å²) in [6.45, 7) is 1.64. The number of urea groups is 1. The highest BCUT2D eigenvalue weighted by molar-refractivity contribution is 7.88. The predicted molar refractivity (Wildman–Crippen MR) is 93.0 cm³/mol. The molecule has 2 amide bonds. The largest absolute Gasteiger partial charge is 0.335 e. The van der Waals surface area contributed by atoms with Gasteiger partial charge in [0.1, 0.15) is 0 Å². The average molecular weight is 351 g/mol. The summed E-state index contributed by atoms with van der Waals surface area (Å²) in [5, 5.41) is 3.06. The first-order valence-corrected chi connectivity index (χ1v) is 10.2. The van der Waals surface area contributed by atoms with Gasteiger partial charge in [0.2, 0.25) is 10.0 Å². The van der Waals surface area contributed by atoms with Crippen molar-refractivity contribution in [2.45, 2.75) is 37.5 Å². The van der Waals surface area contributed by atoms with Crippen LogP contribution in [0.1, 0.15) is 31.2 Å². The molecule has 1 heterocycles. The molecule has 0 spiro atoms. The highest BCUT2D eigenvalue weighted by atomic mass is 32.2. The summed E-state index contributed by atoms with van der Waals surface area (Å²) in [5.74, 6) is 0.0160. The summed E-state index contributed by atoms with van der Waals surface area (Å²) in [5.41, 5.74) is 0.791. The van der Waals surface area contributed by atoms with Gasteiger partial charge in [0.25, 0.3) is 0 Å². The fourth-order valence-electron chi connectivity index (χ4n) is 3.38. The second-order valence-corrected chi connectivity index (χ2v) is 8.53. The maximum atomic E-state index is 12.5. The van der Waals surface area contributed by atoms with E-state index in [-0.39, 0.29) is 17.8 Å². The molecule has 0 radical (unpaired) electrons. The van der Waals surface area contributed by atoms with Crippen LogP contribution in [0.4, 0.5) is 4.79 Å². The van der Waals surface area contributed by atoms with Crippen LogP contribution in [0, 0.1) is 0 Å². The first kappa shape index (κ1) is 17.2. The molecule has 1 aliphatic carbocycles. The topological polar surface area (TPSA) is 69.7 Å². The minimum absolute atomic E-state index is 0.0160. The van der Waals surface area contributed by atoms with Gasteiger partial charge in [0, 0.05) is 32.2 Å². The predicted octanol–water partition coefficient (Wildman–Crippen LogP) is 1.79. The van der Waals surface area contributed by atoms with Crippen LogP contribution in [-0.2, 0) is 15.8 Å². The van der Waals surface area contributed by atoms with Gasteiger partial charge in [-0.1, -0.05) is 43.2 Å². The normalized spacial score (nSPS) is 20.2. The van der Waals surface area contributed by atoms with Crippen LogP contribution in [0.3, 0.4) is 0 Å². The van der Waals surface area contributed by atoms with Gasteiger partial charge in [-0.2, -0.15) is 4.31 Å². The third-order valence-electron chi connectivity index (χ3n) is 4.79. The van der Waals surface area contributed by atoms with Gasteiger partial charge in [0.15, 0.2) is 0 Å². The zero-order chi connectivity index (χ0) is 17.0. The number of piperazine rings is 1. The molecule has 1 N–H and O–H groups in total. The van der Waals surface area contributed by atoms with Crippen molar-refractivity contribution in [1.82, 2.24) is 14.5 Å². The average Bonchev–Trinajstić information content (AvgIpc) is 3.08. The van der Waals surface area contributed by atoms with Crippen LogP contribution >= 0.6 is 0 Å². The highest BCUT2D eigenvalue weighted by Crippen LogP contribution is 2.18. The minimum atomic E-state index is -3.33. The molecule has 6 nitrogen and oxygen atoms in total. The van der Waals surface area contributed by atoms with Crippen molar-refractivity contribution in [3.8, 4) is 0 Å². The van der Waals surface area contributed by atoms with E-state index in [0.29, 0.717) is 26.2 Å². The highest BCUT2D eigenvalue weighted by Gasteiger charge is 2.29. The van der Waals surface area contributed by atoms with Crippen molar-refractivity contribution < 1.29 is 13.2 Å². The number of benzene rings is 1. The molecule has 0 atom stereocenters. The molecule has 132 valence electrons. The summed E-state index contributed by atoms with van der Waals surface area (Å²) in [6.07, 6.45) is 4.46. The zero-order valence-corrected chi connectivity index (χ0v) is 14.7. The number of hydrogen-bond donors (Lipinski definition) is 1. The van der Waals surface area contributed by atoms with E-state index in [0.717, 1.165) is 18.4 Å². The van der Waals surface area contributed by atoms with Crippen molar-refractivity contribution in [3.05, 3.63) is 35.9 Å². The molecule has 3 rings (SSSR count). The molecule has 0 aromatic heterocycles. The molecule has 0 bridgehead atoms. The Labute approximate surface area is 143 Å². The lowest BCUT2D eigenvalue weighted by Crippen LogP contribution is -2.54. The number of sulfonamides is 1. The van der Waals surface area contributed by atoms with Crippen LogP contribution in [-0.4, -0.2) is 55.9 Å². The monoisotopic (exact) mass is 351 g/mol. The molecule has 0 unspecified atom stereocenters. The van der Waals surface area contributed by atoms with Gasteiger partial charge < -0.3 is 10.2 Å². The Morgan fingerprint density at radius 3 is 2.29 bits per heavy atom. The smallest absolute Gasteiger partial charge is 0.317 e. The van der Waals surface area contributed by atoms with Gasteiger partial charge >= 0.3 is 6.03 Å². The number of nitrogens with one attached hydrogen (secondary N) is 1. The molecule has 2 fully saturated rings. The SMILES string of the molecule is O=C(NC1CCCC1)N1CCN(S(=O)(=O)Cc2ccccc2)CC1. The number of rotatable bonds is 4. The summed E-state index contributed by atoms with van der Waals surface area (Å²) < 4.78 is 26.5. The van der Waals surface area contributed by atoms with Crippen molar-refractivity contribution in [1.29, 1.82) is 0 Å². The Kier molecular flexibility index (Phi) is 5.40. The zero-order valence-electron chi connectivity index (χ0n) is 13.9. The maximum absolute atomic E-state index is 12.5. The lowest BCUT2D eigenvalue weighted by Gasteiger charge is -2.34. The van der Waals surface area contributed by atoms with Crippen LogP contribution in [0.2, 0.25) is 0 Å². The van der Waals surface area contributed by atoms with Crippen LogP contribution in [0.25, 0.3) is 0 Å². The molecular formula is C17H25N3O3S. The molecular weight excluding hydrogens is 326 g/mol. The van der Waals surface area contributed by atoms with E-state index in [1.807, 2.05) is 30.3 Å². The Balaban J connectivity index is 1.51. The summed E-state index contributed by atoms with van der Waals surface area (Å²) in [6, 6.07) is 9.44. The van der Waals surface area contributed by atoms with Crippen molar-refractivity contribution >= 4 is 16.1 Å². The molecule has 1 aliphatic heterocycles. The van der Waals surface area contributed by atoms with E-state index in [2.05, 4.69) is 5.32 Å². The van der Waals surface area contributed by atoms with E-state index < -0.39 is 10.0 Å². The van der Waals surface area contributed by atoms with E-state index in [9.17, 15) is 13.2 Å². The number of amides is 2. The molecule has 7 heteroatoms. The Hall–Kier alpha value is -1.60. The first-order valence-electron chi connectivity index (χ1n) is 8.62. The van der Waals surface area contributed by atoms with Crippen LogP contribution < -0.4 is 5.32 Å². The molecule has 24 heavy (non-hydrogen) atoms. The summed E-state index contributed by atoms with van der Waals surface area (Å²) >= 11 is 0. The second kappa shape index (κ2) is 7.53. The number of carbonyl (C=O) groups is 1. The van der Waals surface area contributed by atoms with Gasteiger partial charge in [-0.15, -0.1) is 0 Å². The first-order chi connectivity index (χ1) is 11.5. The number of nitrogens with zero attached hydrogens (tertiary/aromatic N) is 2. The standard InChI is InChI=1S/C17H25N3O3S/c21-17(18-16-8-4-5-9-16)19-10-12-20(13-11-19)24(22,23)14-15-6-2-1-3-7-15/h1-3,6-7,16H,4-5,8-14H2,(H,18,21). The third-order valence-corrected chi connectivity index (χ3v) is 6.64. The number of hydrogen-bond acceptors (Lipinski definition) is 3. The molecule has 1 aromatic carbocycles. The summed E-state index contributed by atoms with van der Waals surface area (Å²) in [7, 11) is -3.33. The molecule has 1 saturated carbocycles. The minimum Gasteiger partial charge on any atom is -0.335 e. The summed E-state index contributed by atoms with van der Waals surface area (Å²) in [4.78, 5) is 14.0. The fourth-order valence-corrected chi connectivity index (χ4v) is 4.90. The van der Waals surface area contributed by atoms with Gasteiger partial charge in [-0.25, -0.2) is 13.2 Å². The second-order valence-electron chi connectivity index (χ2n) is 6.56. The lowest BCUT2D eigenvalue weighted by molar-refractivity contribution is 0.169. The van der Waals surface area contributed by atoms with Gasteiger partial charge in [-0.05, 0) is 18.4 Å². The molecule has 1 aromatic rings. The van der Waals surface area contributed by atoms with Crippen molar-refractivity contribution in [3.63, 3.8) is 0 Å². The lowest BCUT2D eigenvalue weighted by atomic mass is 10.2. The van der Waals surface area contributed by atoms with Crippen molar-refractivity contribution in [2.75, 3.05) is 26.2 Å². The molecule has 2 aliphatic rings. The van der Waals surface area contributed by atoms with E-state index in [1.54, 1.807) is 4.90 Å². The Morgan fingerprint density at radius 2 is 1.67 bits per heavy atom. The van der Waals surface area contributed by atoms with E-state index >= 15 is 0 Å². The quantitative estimate of drug-likeness (QED) is 0.899. The van der Waals surface area contributed by atoms with E-state index in [4.69, 9.17) is 0 Å². The third kappa shape index (κ3) is 4.27. The Morgan fingerprint density at radius 1 is 1.04 bits per heavy atom. The molecule has 1 saturated heterocycles. The Bertz CT molecular complexity index is 649. The van der Waals surface area contributed by atoms with Gasteiger partial charge in [0.05, 0.1) is 5.75 Å². The van der Waals surface area contributed by atoms with Crippen LogP contribution in [0.15, 0.2) is 30.3 Å².